The lowest BCUT2D eigenvalue weighted by molar-refractivity contribution is -0.137. The Morgan fingerprint density at radius 1 is 1.00 bits per heavy atom. The maximum Gasteiger partial charge on any atom is 0.290 e. The van der Waals surface area contributed by atoms with Gasteiger partial charge in [-0.25, -0.2) is 4.39 Å². The molecule has 190 valence electrons. The topological polar surface area (TPSA) is 65.1 Å². The van der Waals surface area contributed by atoms with Gasteiger partial charge in [0.1, 0.15) is 11.9 Å². The van der Waals surface area contributed by atoms with E-state index in [0.717, 1.165) is 12.0 Å². The molecular formula is C29H32FNO5. The van der Waals surface area contributed by atoms with Crippen molar-refractivity contribution in [3.63, 3.8) is 0 Å². The van der Waals surface area contributed by atoms with Crippen molar-refractivity contribution in [3.05, 3.63) is 70.7 Å². The number of methoxy groups -OCH3 is 2. The van der Waals surface area contributed by atoms with Gasteiger partial charge in [0.05, 0.1) is 31.8 Å². The van der Waals surface area contributed by atoms with Gasteiger partial charge in [-0.05, 0) is 54.9 Å². The van der Waals surface area contributed by atoms with Crippen LogP contribution < -0.4 is 9.47 Å². The van der Waals surface area contributed by atoms with E-state index in [9.17, 15) is 9.59 Å². The summed E-state index contributed by atoms with van der Waals surface area (Å²) in [6.07, 6.45) is 1.63. The summed E-state index contributed by atoms with van der Waals surface area (Å²) in [5.74, 6) is 0.924. The highest BCUT2D eigenvalue weighted by atomic mass is 19.1. The molecule has 36 heavy (non-hydrogen) atoms. The lowest BCUT2D eigenvalue weighted by Crippen LogP contribution is -2.43. The standard InChI is InChI=1S/C29H32FNO5/c1-16-13-20-23(14-17(16)2)36-28-25(27(20)32)26(19-7-5-6-8-21(19)30)31(29(28)33)12-11-18-9-10-22(34-3)24(15-18)35-4/h5-10,15-17,20,23,26H,11-14H2,1-4H3. The number of nitrogens with zero attached hydrogens (tertiary/aromatic N) is 1. The number of Topliss-reactive ketones (excluding diaryl/α,β-unsaturated/α-hetero) is 1. The fourth-order valence-electron chi connectivity index (χ4n) is 5.84. The molecule has 0 N–H and O–H groups in total. The molecule has 1 amide bonds. The summed E-state index contributed by atoms with van der Waals surface area (Å²) in [4.78, 5) is 29.1. The largest absolute Gasteiger partial charge is 0.493 e. The van der Waals surface area contributed by atoms with E-state index in [4.69, 9.17) is 14.2 Å². The van der Waals surface area contributed by atoms with Crippen LogP contribution in [-0.4, -0.2) is 43.5 Å². The van der Waals surface area contributed by atoms with Crippen LogP contribution in [-0.2, 0) is 20.7 Å². The number of rotatable bonds is 6. The summed E-state index contributed by atoms with van der Waals surface area (Å²) in [5, 5.41) is 0. The van der Waals surface area contributed by atoms with Crippen LogP contribution in [0.1, 0.15) is 43.9 Å². The van der Waals surface area contributed by atoms with E-state index in [1.54, 1.807) is 37.3 Å². The summed E-state index contributed by atoms with van der Waals surface area (Å²) in [5.41, 5.74) is 1.55. The second kappa shape index (κ2) is 9.60. The average molecular weight is 494 g/mol. The summed E-state index contributed by atoms with van der Waals surface area (Å²) < 4.78 is 32.1. The van der Waals surface area contributed by atoms with Gasteiger partial charge in [-0.15, -0.1) is 0 Å². The zero-order chi connectivity index (χ0) is 25.6. The van der Waals surface area contributed by atoms with Crippen molar-refractivity contribution in [2.75, 3.05) is 20.8 Å². The summed E-state index contributed by atoms with van der Waals surface area (Å²) in [6.45, 7) is 4.60. The molecule has 2 aliphatic heterocycles. The Kier molecular flexibility index (Phi) is 6.49. The van der Waals surface area contributed by atoms with Crippen molar-refractivity contribution in [2.24, 2.45) is 17.8 Å². The van der Waals surface area contributed by atoms with Crippen LogP contribution in [0.15, 0.2) is 53.8 Å². The molecular weight excluding hydrogens is 461 g/mol. The second-order valence-electron chi connectivity index (χ2n) is 10.2. The van der Waals surface area contributed by atoms with E-state index >= 15 is 4.39 Å². The zero-order valence-corrected chi connectivity index (χ0v) is 21.1. The van der Waals surface area contributed by atoms with Crippen LogP contribution in [0.2, 0.25) is 0 Å². The van der Waals surface area contributed by atoms with Crippen molar-refractivity contribution in [1.29, 1.82) is 0 Å². The molecule has 2 aromatic carbocycles. The number of halogens is 1. The monoisotopic (exact) mass is 493 g/mol. The predicted molar refractivity (Wildman–Crippen MR) is 132 cm³/mol. The first kappa shape index (κ1) is 24.3. The Morgan fingerprint density at radius 3 is 2.44 bits per heavy atom. The van der Waals surface area contributed by atoms with E-state index in [1.165, 1.54) is 6.07 Å². The van der Waals surface area contributed by atoms with Gasteiger partial charge in [0.2, 0.25) is 0 Å². The van der Waals surface area contributed by atoms with Crippen molar-refractivity contribution in [1.82, 2.24) is 4.90 Å². The van der Waals surface area contributed by atoms with Gasteiger partial charge in [0.25, 0.3) is 5.91 Å². The molecule has 1 aliphatic carbocycles. The minimum Gasteiger partial charge on any atom is -0.493 e. The average Bonchev–Trinajstić information content (AvgIpc) is 3.15. The number of amides is 1. The molecule has 5 atom stereocenters. The Hall–Kier alpha value is -3.35. The molecule has 5 unspecified atom stereocenters. The molecule has 5 rings (SSSR count). The van der Waals surface area contributed by atoms with Crippen molar-refractivity contribution in [2.45, 2.75) is 45.3 Å². The Bertz CT molecular complexity index is 1220. The van der Waals surface area contributed by atoms with Gasteiger partial charge in [0.15, 0.2) is 23.0 Å². The number of hydrogen-bond acceptors (Lipinski definition) is 5. The van der Waals surface area contributed by atoms with Gasteiger partial charge >= 0.3 is 0 Å². The molecule has 0 aromatic heterocycles. The van der Waals surface area contributed by atoms with E-state index < -0.39 is 11.9 Å². The Morgan fingerprint density at radius 2 is 1.72 bits per heavy atom. The van der Waals surface area contributed by atoms with Crippen molar-refractivity contribution >= 4 is 11.7 Å². The maximum absolute atomic E-state index is 15.1. The third-order valence-corrected chi connectivity index (χ3v) is 8.10. The van der Waals surface area contributed by atoms with Crippen LogP contribution in [0.5, 0.6) is 11.5 Å². The smallest absolute Gasteiger partial charge is 0.290 e. The van der Waals surface area contributed by atoms with Gasteiger partial charge in [-0.1, -0.05) is 38.1 Å². The summed E-state index contributed by atoms with van der Waals surface area (Å²) >= 11 is 0. The molecule has 1 fully saturated rings. The quantitative estimate of drug-likeness (QED) is 0.574. The number of ether oxygens (including phenoxy) is 3. The first-order valence-corrected chi connectivity index (χ1v) is 12.5. The van der Waals surface area contributed by atoms with Gasteiger partial charge in [-0.3, -0.25) is 9.59 Å². The highest BCUT2D eigenvalue weighted by molar-refractivity contribution is 6.11. The zero-order valence-electron chi connectivity index (χ0n) is 21.1. The lowest BCUT2D eigenvalue weighted by Gasteiger charge is -2.40. The maximum atomic E-state index is 15.1. The van der Waals surface area contributed by atoms with Gasteiger partial charge < -0.3 is 19.1 Å². The third kappa shape index (κ3) is 4.04. The third-order valence-electron chi connectivity index (χ3n) is 8.10. The lowest BCUT2D eigenvalue weighted by atomic mass is 9.70. The predicted octanol–water partition coefficient (Wildman–Crippen LogP) is 4.87. The number of benzene rings is 2. The molecule has 0 bridgehead atoms. The number of carbonyl (C=O) groups excluding carboxylic acids is 2. The molecule has 0 radical (unpaired) electrons. The number of fused-ring (bicyclic) bond motifs is 1. The Balaban J connectivity index is 1.49. The SMILES string of the molecule is COc1ccc(CCN2C(=O)C3=C(C(=O)C4CC(C)C(C)CC4O3)C2c2ccccc2F)cc1OC. The van der Waals surface area contributed by atoms with Gasteiger partial charge in [-0.2, -0.15) is 0 Å². The molecule has 2 aromatic rings. The van der Waals surface area contributed by atoms with Gasteiger partial charge in [0, 0.05) is 12.1 Å². The van der Waals surface area contributed by atoms with E-state index in [1.807, 2.05) is 18.2 Å². The highest BCUT2D eigenvalue weighted by Gasteiger charge is 2.53. The molecule has 2 heterocycles. The van der Waals surface area contributed by atoms with Crippen LogP contribution in [0.4, 0.5) is 4.39 Å². The van der Waals surface area contributed by atoms with Crippen molar-refractivity contribution < 1.29 is 28.2 Å². The summed E-state index contributed by atoms with van der Waals surface area (Å²) in [6, 6.07) is 11.1. The van der Waals surface area contributed by atoms with Crippen LogP contribution in [0.25, 0.3) is 0 Å². The van der Waals surface area contributed by atoms with E-state index in [2.05, 4.69) is 13.8 Å². The Labute approximate surface area is 211 Å². The molecule has 0 spiro atoms. The molecule has 6 nitrogen and oxygen atoms in total. The van der Waals surface area contributed by atoms with Crippen LogP contribution in [0, 0.1) is 23.6 Å². The fourth-order valence-corrected chi connectivity index (χ4v) is 5.84. The first-order chi connectivity index (χ1) is 17.3. The molecule has 0 saturated heterocycles. The molecule has 1 saturated carbocycles. The summed E-state index contributed by atoms with van der Waals surface area (Å²) in [7, 11) is 3.15. The molecule has 3 aliphatic rings. The highest BCUT2D eigenvalue weighted by Crippen LogP contribution is 2.49. The number of ketones is 1. The normalized spacial score (nSPS) is 27.5. The minimum atomic E-state index is -0.808. The van der Waals surface area contributed by atoms with E-state index in [-0.39, 0.29) is 29.5 Å². The van der Waals surface area contributed by atoms with Crippen LogP contribution >= 0.6 is 0 Å². The number of carbonyl (C=O) groups is 2. The minimum absolute atomic E-state index is 0.0739. The number of hydrogen-bond donors (Lipinski definition) is 0. The molecule has 7 heteroatoms. The van der Waals surface area contributed by atoms with E-state index in [0.29, 0.717) is 53.9 Å². The first-order valence-electron chi connectivity index (χ1n) is 12.5. The fraction of sp³-hybridized carbons (Fsp3) is 0.448. The van der Waals surface area contributed by atoms with Crippen molar-refractivity contribution in [3.8, 4) is 11.5 Å². The second-order valence-corrected chi connectivity index (χ2v) is 10.2. The van der Waals surface area contributed by atoms with Crippen LogP contribution in [0.3, 0.4) is 0 Å².